The van der Waals surface area contributed by atoms with E-state index in [4.69, 9.17) is 4.74 Å². The van der Waals surface area contributed by atoms with Crippen molar-refractivity contribution in [2.24, 2.45) is 0 Å². The van der Waals surface area contributed by atoms with E-state index in [1.165, 1.54) is 0 Å². The summed E-state index contributed by atoms with van der Waals surface area (Å²) in [4.78, 5) is 4.34. The Bertz CT molecular complexity index is 442. The van der Waals surface area contributed by atoms with Crippen LogP contribution >= 0.6 is 11.3 Å². The van der Waals surface area contributed by atoms with Crippen LogP contribution in [0.3, 0.4) is 0 Å². The van der Waals surface area contributed by atoms with E-state index in [1.807, 2.05) is 36.1 Å². The molecule has 0 spiro atoms. The third-order valence-corrected chi connectivity index (χ3v) is 3.09. The Kier molecular flexibility index (Phi) is 3.54. The van der Waals surface area contributed by atoms with Gasteiger partial charge in [0.25, 0.3) is 0 Å². The second-order valence-electron chi connectivity index (χ2n) is 3.38. The fourth-order valence-electron chi connectivity index (χ4n) is 1.73. The zero-order valence-corrected chi connectivity index (χ0v) is 10.1. The molecule has 84 valence electrons. The van der Waals surface area contributed by atoms with Crippen LogP contribution < -0.4 is 10.1 Å². The lowest BCUT2D eigenvalue weighted by atomic mass is 10.0. The number of para-hydroxylation sites is 1. The van der Waals surface area contributed by atoms with E-state index in [0.29, 0.717) is 0 Å². The van der Waals surface area contributed by atoms with Crippen LogP contribution in [0.5, 0.6) is 5.75 Å². The molecule has 0 bridgehead atoms. The van der Waals surface area contributed by atoms with Crippen molar-refractivity contribution >= 4 is 11.3 Å². The van der Waals surface area contributed by atoms with E-state index in [-0.39, 0.29) is 6.04 Å². The van der Waals surface area contributed by atoms with Gasteiger partial charge in [-0.2, -0.15) is 0 Å². The predicted molar refractivity (Wildman–Crippen MR) is 66.0 cm³/mol. The highest BCUT2D eigenvalue weighted by molar-refractivity contribution is 7.07. The van der Waals surface area contributed by atoms with E-state index >= 15 is 0 Å². The third-order valence-electron chi connectivity index (χ3n) is 2.49. The second-order valence-corrected chi connectivity index (χ2v) is 4.10. The van der Waals surface area contributed by atoms with Crippen molar-refractivity contribution in [1.82, 2.24) is 10.3 Å². The first-order chi connectivity index (χ1) is 7.86. The molecule has 2 aromatic rings. The predicted octanol–water partition coefficient (Wildman–Crippen LogP) is 2.46. The van der Waals surface area contributed by atoms with Crippen molar-refractivity contribution in [2.45, 2.75) is 6.04 Å². The van der Waals surface area contributed by atoms with Gasteiger partial charge in [0.2, 0.25) is 0 Å². The lowest BCUT2D eigenvalue weighted by molar-refractivity contribution is 0.405. The molecular formula is C12H14N2OS. The zero-order valence-electron chi connectivity index (χ0n) is 9.31. The number of ether oxygens (including phenoxy) is 1. The van der Waals surface area contributed by atoms with Crippen molar-refractivity contribution in [3.8, 4) is 5.75 Å². The van der Waals surface area contributed by atoms with Gasteiger partial charge in [-0.1, -0.05) is 18.2 Å². The molecule has 4 heteroatoms. The number of aromatic nitrogens is 1. The van der Waals surface area contributed by atoms with Crippen LogP contribution in [-0.2, 0) is 0 Å². The Morgan fingerprint density at radius 2 is 2.19 bits per heavy atom. The number of thiazole rings is 1. The van der Waals surface area contributed by atoms with Gasteiger partial charge in [0.05, 0.1) is 24.4 Å². The molecule has 0 aliphatic rings. The highest BCUT2D eigenvalue weighted by atomic mass is 32.1. The van der Waals surface area contributed by atoms with Gasteiger partial charge < -0.3 is 10.1 Å². The number of rotatable bonds is 4. The lowest BCUT2D eigenvalue weighted by Gasteiger charge is -2.17. The van der Waals surface area contributed by atoms with Crippen LogP contribution in [0.25, 0.3) is 0 Å². The Morgan fingerprint density at radius 3 is 2.81 bits per heavy atom. The summed E-state index contributed by atoms with van der Waals surface area (Å²) in [6, 6.07) is 8.08. The minimum absolute atomic E-state index is 0.0856. The van der Waals surface area contributed by atoms with Gasteiger partial charge in [0.1, 0.15) is 5.75 Å². The number of benzene rings is 1. The Morgan fingerprint density at radius 1 is 1.38 bits per heavy atom. The fourth-order valence-corrected chi connectivity index (χ4v) is 2.31. The highest BCUT2D eigenvalue weighted by Crippen LogP contribution is 2.29. The number of nitrogens with zero attached hydrogens (tertiary/aromatic N) is 1. The molecule has 0 fully saturated rings. The molecule has 1 N–H and O–H groups in total. The summed E-state index contributed by atoms with van der Waals surface area (Å²) in [5, 5.41) is 5.31. The first kappa shape index (κ1) is 11.1. The van der Waals surface area contributed by atoms with Crippen molar-refractivity contribution < 1.29 is 4.74 Å². The maximum atomic E-state index is 5.36. The van der Waals surface area contributed by atoms with Crippen LogP contribution in [0.2, 0.25) is 0 Å². The molecule has 1 atom stereocenters. The van der Waals surface area contributed by atoms with E-state index in [1.54, 1.807) is 18.4 Å². The zero-order chi connectivity index (χ0) is 11.4. The summed E-state index contributed by atoms with van der Waals surface area (Å²) < 4.78 is 5.36. The molecule has 0 aliphatic carbocycles. The SMILES string of the molecule is CNC(c1cscn1)c1ccccc1OC. The summed E-state index contributed by atoms with van der Waals surface area (Å²) >= 11 is 1.60. The highest BCUT2D eigenvalue weighted by Gasteiger charge is 2.17. The van der Waals surface area contributed by atoms with Gasteiger partial charge in [-0.15, -0.1) is 11.3 Å². The Hall–Kier alpha value is -1.39. The van der Waals surface area contributed by atoms with Crippen LogP contribution in [0.15, 0.2) is 35.2 Å². The van der Waals surface area contributed by atoms with Crippen molar-refractivity contribution in [2.75, 3.05) is 14.2 Å². The topological polar surface area (TPSA) is 34.2 Å². The molecule has 1 aromatic carbocycles. The van der Waals surface area contributed by atoms with Crippen molar-refractivity contribution in [1.29, 1.82) is 0 Å². The van der Waals surface area contributed by atoms with Gasteiger partial charge in [0, 0.05) is 10.9 Å². The van der Waals surface area contributed by atoms with Crippen LogP contribution in [-0.4, -0.2) is 19.1 Å². The maximum Gasteiger partial charge on any atom is 0.124 e. The molecule has 1 aromatic heterocycles. The minimum atomic E-state index is 0.0856. The number of nitrogens with one attached hydrogen (secondary N) is 1. The van der Waals surface area contributed by atoms with Gasteiger partial charge in [-0.3, -0.25) is 0 Å². The average Bonchev–Trinajstić information content (AvgIpc) is 2.84. The van der Waals surface area contributed by atoms with Gasteiger partial charge in [-0.05, 0) is 13.1 Å². The smallest absolute Gasteiger partial charge is 0.124 e. The first-order valence-corrected chi connectivity index (χ1v) is 5.99. The first-order valence-electron chi connectivity index (χ1n) is 5.05. The van der Waals surface area contributed by atoms with Crippen molar-refractivity contribution in [3.63, 3.8) is 0 Å². The van der Waals surface area contributed by atoms with Gasteiger partial charge >= 0.3 is 0 Å². The van der Waals surface area contributed by atoms with Crippen molar-refractivity contribution in [3.05, 3.63) is 46.4 Å². The fraction of sp³-hybridized carbons (Fsp3) is 0.250. The summed E-state index contributed by atoms with van der Waals surface area (Å²) in [7, 11) is 3.61. The summed E-state index contributed by atoms with van der Waals surface area (Å²) in [5.41, 5.74) is 3.98. The number of hydrogen-bond donors (Lipinski definition) is 1. The van der Waals surface area contributed by atoms with E-state index in [2.05, 4.69) is 16.4 Å². The summed E-state index contributed by atoms with van der Waals surface area (Å²) in [6.07, 6.45) is 0. The largest absolute Gasteiger partial charge is 0.496 e. The van der Waals surface area contributed by atoms with E-state index in [9.17, 15) is 0 Å². The average molecular weight is 234 g/mol. The number of hydrogen-bond acceptors (Lipinski definition) is 4. The molecule has 0 radical (unpaired) electrons. The standard InChI is InChI=1S/C12H14N2OS/c1-13-12(10-7-16-8-14-10)9-5-3-4-6-11(9)15-2/h3-8,12-13H,1-2H3. The Labute approximate surface area is 99.1 Å². The molecule has 2 rings (SSSR count). The second kappa shape index (κ2) is 5.09. The molecule has 0 saturated carbocycles. The van der Waals surface area contributed by atoms with Gasteiger partial charge in [-0.25, -0.2) is 4.98 Å². The van der Waals surface area contributed by atoms with Crippen LogP contribution in [0, 0.1) is 0 Å². The summed E-state index contributed by atoms with van der Waals surface area (Å²) in [5.74, 6) is 0.884. The molecular weight excluding hydrogens is 220 g/mol. The molecule has 16 heavy (non-hydrogen) atoms. The normalized spacial score (nSPS) is 12.4. The molecule has 1 heterocycles. The minimum Gasteiger partial charge on any atom is -0.496 e. The monoisotopic (exact) mass is 234 g/mol. The molecule has 1 unspecified atom stereocenters. The quantitative estimate of drug-likeness (QED) is 0.882. The van der Waals surface area contributed by atoms with Crippen LogP contribution in [0.4, 0.5) is 0 Å². The Balaban J connectivity index is 2.41. The third kappa shape index (κ3) is 2.08. The molecule has 0 aliphatic heterocycles. The molecule has 3 nitrogen and oxygen atoms in total. The van der Waals surface area contributed by atoms with E-state index in [0.717, 1.165) is 17.0 Å². The van der Waals surface area contributed by atoms with Crippen LogP contribution in [0.1, 0.15) is 17.3 Å². The number of methoxy groups -OCH3 is 1. The maximum absolute atomic E-state index is 5.36. The van der Waals surface area contributed by atoms with E-state index < -0.39 is 0 Å². The van der Waals surface area contributed by atoms with Gasteiger partial charge in [0.15, 0.2) is 0 Å². The lowest BCUT2D eigenvalue weighted by Crippen LogP contribution is -2.18. The molecule has 0 amide bonds. The molecule has 0 saturated heterocycles. The summed E-state index contributed by atoms with van der Waals surface area (Å²) in [6.45, 7) is 0.